The van der Waals surface area contributed by atoms with Gasteiger partial charge in [-0.25, -0.2) is 0 Å². The topological polar surface area (TPSA) is 58.9 Å². The molecule has 16 heavy (non-hydrogen) atoms. The fourth-order valence-electron chi connectivity index (χ4n) is 1.34. The Morgan fingerprint density at radius 3 is 2.50 bits per heavy atom. The summed E-state index contributed by atoms with van der Waals surface area (Å²) in [7, 11) is -0.0418. The summed E-state index contributed by atoms with van der Waals surface area (Å²) < 4.78 is 10.5. The fraction of sp³-hybridized carbons (Fsp3) is 0.455. The molecular weight excluding hydrogens is 207 g/mol. The number of hydrogen-bond donors (Lipinski definition) is 2. The molecule has 0 saturated heterocycles. The Bertz CT molecular complexity index is 339. The lowest BCUT2D eigenvalue weighted by Crippen LogP contribution is -2.31. The van der Waals surface area contributed by atoms with Crippen LogP contribution in [0.2, 0.25) is 0 Å². The third kappa shape index (κ3) is 3.52. The highest BCUT2D eigenvalue weighted by atomic mass is 16.5. The van der Waals surface area contributed by atoms with Gasteiger partial charge in [-0.1, -0.05) is 12.1 Å². The summed E-state index contributed by atoms with van der Waals surface area (Å²) in [5.74, 6) is 0.461. The minimum absolute atomic E-state index is 0.143. The van der Waals surface area contributed by atoms with Gasteiger partial charge in [0, 0.05) is 5.46 Å². The molecule has 0 heterocycles. The van der Waals surface area contributed by atoms with E-state index in [1.165, 1.54) is 7.11 Å². The summed E-state index contributed by atoms with van der Waals surface area (Å²) >= 11 is 0. The second-order valence-electron chi connectivity index (χ2n) is 3.81. The van der Waals surface area contributed by atoms with E-state index < -0.39 is 7.12 Å². The van der Waals surface area contributed by atoms with Crippen LogP contribution in [0.1, 0.15) is 19.4 Å². The van der Waals surface area contributed by atoms with Gasteiger partial charge in [-0.05, 0) is 25.5 Å². The van der Waals surface area contributed by atoms with E-state index in [0.29, 0.717) is 17.8 Å². The molecule has 1 aromatic carbocycles. The second kappa shape index (κ2) is 5.89. The lowest BCUT2D eigenvalue weighted by molar-refractivity contribution is 0.0657. The van der Waals surface area contributed by atoms with E-state index in [2.05, 4.69) is 0 Å². The molecule has 0 bridgehead atoms. The highest BCUT2D eigenvalue weighted by molar-refractivity contribution is 6.59. The van der Waals surface area contributed by atoms with Crippen LogP contribution >= 0.6 is 0 Å². The summed E-state index contributed by atoms with van der Waals surface area (Å²) in [4.78, 5) is 0. The SMILES string of the molecule is COc1ccc(COC(C)C)cc1B(O)O. The van der Waals surface area contributed by atoms with Crippen molar-refractivity contribution in [2.45, 2.75) is 26.6 Å². The zero-order chi connectivity index (χ0) is 12.1. The quantitative estimate of drug-likeness (QED) is 0.706. The van der Waals surface area contributed by atoms with Crippen LogP contribution in [0.25, 0.3) is 0 Å². The Morgan fingerprint density at radius 1 is 1.31 bits per heavy atom. The van der Waals surface area contributed by atoms with E-state index in [-0.39, 0.29) is 6.10 Å². The van der Waals surface area contributed by atoms with Crippen LogP contribution in [0.15, 0.2) is 18.2 Å². The molecule has 5 heteroatoms. The van der Waals surface area contributed by atoms with Gasteiger partial charge < -0.3 is 19.5 Å². The Morgan fingerprint density at radius 2 is 2.00 bits per heavy atom. The predicted octanol–water partition coefficient (Wildman–Crippen LogP) is 0.300. The van der Waals surface area contributed by atoms with Gasteiger partial charge in [0.25, 0.3) is 0 Å². The molecule has 2 N–H and O–H groups in total. The van der Waals surface area contributed by atoms with Crippen LogP contribution in [-0.4, -0.2) is 30.4 Å². The van der Waals surface area contributed by atoms with Gasteiger partial charge >= 0.3 is 7.12 Å². The fourth-order valence-corrected chi connectivity index (χ4v) is 1.34. The van der Waals surface area contributed by atoms with Crippen molar-refractivity contribution >= 4 is 12.6 Å². The minimum atomic E-state index is -1.53. The van der Waals surface area contributed by atoms with Crippen LogP contribution in [0.5, 0.6) is 5.75 Å². The number of rotatable bonds is 5. The summed E-state index contributed by atoms with van der Waals surface area (Å²) in [6.07, 6.45) is 0.143. The van der Waals surface area contributed by atoms with E-state index >= 15 is 0 Å². The third-order valence-corrected chi connectivity index (χ3v) is 2.16. The summed E-state index contributed by atoms with van der Waals surface area (Å²) in [6.45, 7) is 4.35. The summed E-state index contributed by atoms with van der Waals surface area (Å²) in [5, 5.41) is 18.3. The van der Waals surface area contributed by atoms with Crippen LogP contribution in [0, 0.1) is 0 Å². The van der Waals surface area contributed by atoms with Crippen LogP contribution < -0.4 is 10.2 Å². The van der Waals surface area contributed by atoms with E-state index in [4.69, 9.17) is 9.47 Å². The Labute approximate surface area is 96.0 Å². The Balaban J connectivity index is 2.85. The van der Waals surface area contributed by atoms with Gasteiger partial charge in [-0.15, -0.1) is 0 Å². The van der Waals surface area contributed by atoms with Gasteiger partial charge in [-0.2, -0.15) is 0 Å². The molecule has 4 nitrogen and oxygen atoms in total. The van der Waals surface area contributed by atoms with Crippen molar-refractivity contribution in [3.05, 3.63) is 23.8 Å². The number of benzene rings is 1. The standard InChI is InChI=1S/C11H17BO4/c1-8(2)16-7-9-4-5-11(15-3)10(6-9)12(13)14/h4-6,8,13-14H,7H2,1-3H3. The van der Waals surface area contributed by atoms with E-state index in [0.717, 1.165) is 5.56 Å². The van der Waals surface area contributed by atoms with Gasteiger partial charge in [0.05, 0.1) is 19.8 Å². The van der Waals surface area contributed by atoms with Crippen molar-refractivity contribution in [2.75, 3.05) is 7.11 Å². The van der Waals surface area contributed by atoms with Crippen molar-refractivity contribution in [3.63, 3.8) is 0 Å². The maximum atomic E-state index is 9.17. The predicted molar refractivity (Wildman–Crippen MR) is 62.7 cm³/mol. The van der Waals surface area contributed by atoms with Crippen molar-refractivity contribution in [1.82, 2.24) is 0 Å². The molecule has 0 fully saturated rings. The molecular formula is C11H17BO4. The molecule has 0 radical (unpaired) electrons. The van der Waals surface area contributed by atoms with E-state index in [1.807, 2.05) is 19.9 Å². The molecule has 0 aliphatic heterocycles. The second-order valence-corrected chi connectivity index (χ2v) is 3.81. The first kappa shape index (κ1) is 13.0. The molecule has 0 amide bonds. The molecule has 88 valence electrons. The molecule has 0 atom stereocenters. The first-order chi connectivity index (χ1) is 7.54. The van der Waals surface area contributed by atoms with Gasteiger partial charge in [0.2, 0.25) is 0 Å². The molecule has 1 aromatic rings. The van der Waals surface area contributed by atoms with E-state index in [1.54, 1.807) is 12.1 Å². The van der Waals surface area contributed by atoms with Crippen molar-refractivity contribution in [2.24, 2.45) is 0 Å². The Hall–Kier alpha value is -1.04. The lowest BCUT2D eigenvalue weighted by Gasteiger charge is -2.11. The highest BCUT2D eigenvalue weighted by Gasteiger charge is 2.17. The van der Waals surface area contributed by atoms with E-state index in [9.17, 15) is 10.0 Å². The van der Waals surface area contributed by atoms with Crippen molar-refractivity contribution in [3.8, 4) is 5.75 Å². The zero-order valence-corrected chi connectivity index (χ0v) is 9.80. The third-order valence-electron chi connectivity index (χ3n) is 2.16. The summed E-state index contributed by atoms with van der Waals surface area (Å²) in [5.41, 5.74) is 1.24. The molecule has 0 saturated carbocycles. The van der Waals surface area contributed by atoms with Gasteiger partial charge in [0.15, 0.2) is 0 Å². The maximum Gasteiger partial charge on any atom is 0.492 e. The van der Waals surface area contributed by atoms with Crippen molar-refractivity contribution in [1.29, 1.82) is 0 Å². The maximum absolute atomic E-state index is 9.17. The average Bonchev–Trinajstić information content (AvgIpc) is 2.25. The molecule has 0 aliphatic carbocycles. The number of ether oxygens (including phenoxy) is 2. The minimum Gasteiger partial charge on any atom is -0.497 e. The monoisotopic (exact) mass is 224 g/mol. The zero-order valence-electron chi connectivity index (χ0n) is 9.80. The van der Waals surface area contributed by atoms with Gasteiger partial charge in [0.1, 0.15) is 5.75 Å². The van der Waals surface area contributed by atoms with Gasteiger partial charge in [-0.3, -0.25) is 0 Å². The van der Waals surface area contributed by atoms with Crippen LogP contribution in [-0.2, 0) is 11.3 Å². The molecule has 1 rings (SSSR count). The number of hydrogen-bond acceptors (Lipinski definition) is 4. The molecule has 0 aromatic heterocycles. The van der Waals surface area contributed by atoms with Crippen molar-refractivity contribution < 1.29 is 19.5 Å². The first-order valence-electron chi connectivity index (χ1n) is 5.19. The smallest absolute Gasteiger partial charge is 0.492 e. The molecule has 0 aliphatic rings. The largest absolute Gasteiger partial charge is 0.497 e. The number of methoxy groups -OCH3 is 1. The highest BCUT2D eigenvalue weighted by Crippen LogP contribution is 2.11. The first-order valence-corrected chi connectivity index (χ1v) is 5.19. The average molecular weight is 224 g/mol. The lowest BCUT2D eigenvalue weighted by atomic mass is 9.79. The van der Waals surface area contributed by atoms with Crippen LogP contribution in [0.3, 0.4) is 0 Å². The Kier molecular flexibility index (Phi) is 4.80. The molecule has 0 unspecified atom stereocenters. The summed E-state index contributed by atoms with van der Waals surface area (Å²) in [6, 6.07) is 5.22. The normalized spacial score (nSPS) is 10.6. The van der Waals surface area contributed by atoms with Crippen LogP contribution in [0.4, 0.5) is 0 Å². The molecule has 0 spiro atoms.